The highest BCUT2D eigenvalue weighted by Crippen LogP contribution is 2.18. The molecule has 1 aromatic carbocycles. The number of hydrogen-bond donors (Lipinski definition) is 0. The highest BCUT2D eigenvalue weighted by atomic mass is 28.3. The second kappa shape index (κ2) is 8.59. The fourth-order valence-electron chi connectivity index (χ4n) is 1.79. The van der Waals surface area contributed by atoms with E-state index in [9.17, 15) is 0 Å². The predicted molar refractivity (Wildman–Crippen MR) is 84.4 cm³/mol. The summed E-state index contributed by atoms with van der Waals surface area (Å²) in [6, 6.07) is 10.7. The zero-order valence-electron chi connectivity index (χ0n) is 12.3. The minimum absolute atomic E-state index is 0.529. The van der Waals surface area contributed by atoms with Crippen molar-refractivity contribution in [1.29, 1.82) is 0 Å². The van der Waals surface area contributed by atoms with E-state index in [0.29, 0.717) is 0 Å². The van der Waals surface area contributed by atoms with E-state index < -0.39 is 8.80 Å². The van der Waals surface area contributed by atoms with Crippen molar-refractivity contribution in [2.45, 2.75) is 25.9 Å². The van der Waals surface area contributed by atoms with Gasteiger partial charge in [0.15, 0.2) is 0 Å². The third-order valence-electron chi connectivity index (χ3n) is 3.03. The molecule has 3 heteroatoms. The molecule has 0 atom stereocenters. The summed E-state index contributed by atoms with van der Waals surface area (Å²) in [4.78, 5) is 0. The largest absolute Gasteiger partial charge is 0.501 e. The van der Waals surface area contributed by atoms with E-state index in [1.807, 2.05) is 0 Å². The van der Waals surface area contributed by atoms with Crippen LogP contribution in [0.3, 0.4) is 0 Å². The summed E-state index contributed by atoms with van der Waals surface area (Å²) in [5, 5.41) is 1.55. The normalized spacial score (nSPS) is 13.9. The number of ether oxygens (including phenoxy) is 2. The lowest BCUT2D eigenvalue weighted by molar-refractivity contribution is 0.233. The fourth-order valence-corrected chi connectivity index (χ4v) is 2.78. The Balaban J connectivity index is 0.000000191. The molecule has 0 aromatic heterocycles. The molecule has 0 fully saturated rings. The molecule has 0 aliphatic heterocycles. The maximum Gasteiger partial charge on any atom is 0.0993 e. The fraction of sp³-hybridized carbons (Fsp3) is 0.375. The van der Waals surface area contributed by atoms with Gasteiger partial charge in [-0.05, 0) is 18.6 Å². The summed E-state index contributed by atoms with van der Waals surface area (Å²) in [5.74, 6) is 2.00. The zero-order valence-corrected chi connectivity index (χ0v) is 13.5. The number of methoxy groups -OCH3 is 2. The minimum atomic E-state index is -0.529. The molecule has 2 nitrogen and oxygen atoms in total. The van der Waals surface area contributed by atoms with Crippen molar-refractivity contribution in [3.8, 4) is 0 Å². The van der Waals surface area contributed by atoms with Crippen LogP contribution < -0.4 is 5.19 Å². The Labute approximate surface area is 118 Å². The Kier molecular flexibility index (Phi) is 7.04. The molecule has 0 bridgehead atoms. The van der Waals surface area contributed by atoms with Crippen molar-refractivity contribution < 1.29 is 9.47 Å². The van der Waals surface area contributed by atoms with E-state index in [1.54, 1.807) is 19.4 Å². The van der Waals surface area contributed by atoms with Gasteiger partial charge in [0.1, 0.15) is 0 Å². The first-order valence-corrected chi connectivity index (χ1v) is 9.57. The van der Waals surface area contributed by atoms with E-state index in [2.05, 4.69) is 55.6 Å². The molecule has 2 rings (SSSR count). The lowest BCUT2D eigenvalue weighted by Gasteiger charge is -2.12. The number of benzene rings is 1. The van der Waals surface area contributed by atoms with Gasteiger partial charge in [-0.2, -0.15) is 0 Å². The quantitative estimate of drug-likeness (QED) is 0.789. The SMILES string of the molecule is COC1=CCC=C(OC)C1.C[SiH](C)c1ccccc1. The number of rotatable bonds is 3. The predicted octanol–water partition coefficient (Wildman–Crippen LogP) is 3.22. The van der Waals surface area contributed by atoms with Gasteiger partial charge in [0.2, 0.25) is 0 Å². The third kappa shape index (κ3) is 5.79. The van der Waals surface area contributed by atoms with Gasteiger partial charge >= 0.3 is 0 Å². The molecule has 1 aliphatic carbocycles. The molecule has 0 spiro atoms. The van der Waals surface area contributed by atoms with E-state index in [1.165, 1.54) is 0 Å². The maximum atomic E-state index is 5.06. The number of allylic oxidation sites excluding steroid dienone is 2. The standard InChI is InChI=1S/C8H12O2.C8H12Si/c1-9-7-4-3-5-8(6-7)10-2;1-9(2)8-6-4-3-5-7-8/h4-5H,3,6H2,1-2H3;3-7,9H,1-2H3. The molecule has 19 heavy (non-hydrogen) atoms. The Morgan fingerprint density at radius 3 is 1.79 bits per heavy atom. The molecule has 0 saturated carbocycles. The highest BCUT2D eigenvalue weighted by molar-refractivity contribution is 6.70. The van der Waals surface area contributed by atoms with Gasteiger partial charge in [0.25, 0.3) is 0 Å². The van der Waals surface area contributed by atoms with Crippen molar-refractivity contribution in [2.24, 2.45) is 0 Å². The molecule has 0 radical (unpaired) electrons. The molecule has 0 amide bonds. The number of hydrogen-bond acceptors (Lipinski definition) is 2. The molecule has 0 unspecified atom stereocenters. The van der Waals surface area contributed by atoms with Gasteiger partial charge in [-0.25, -0.2) is 0 Å². The highest BCUT2D eigenvalue weighted by Gasteiger charge is 2.05. The topological polar surface area (TPSA) is 18.5 Å². The van der Waals surface area contributed by atoms with Crippen molar-refractivity contribution >= 4 is 14.0 Å². The first kappa shape index (κ1) is 15.6. The minimum Gasteiger partial charge on any atom is -0.501 e. The molecule has 1 aliphatic rings. The first-order chi connectivity index (χ1) is 9.17. The van der Waals surface area contributed by atoms with Gasteiger partial charge in [-0.3, -0.25) is 0 Å². The summed E-state index contributed by atoms with van der Waals surface area (Å²) < 4.78 is 10.1. The Morgan fingerprint density at radius 1 is 0.895 bits per heavy atom. The van der Waals surface area contributed by atoms with Crippen molar-refractivity contribution in [1.82, 2.24) is 0 Å². The lowest BCUT2D eigenvalue weighted by atomic mass is 10.1. The van der Waals surface area contributed by atoms with Gasteiger partial charge in [0, 0.05) is 0 Å². The molecule has 1 aromatic rings. The van der Waals surface area contributed by atoms with Crippen LogP contribution in [0.1, 0.15) is 12.8 Å². The van der Waals surface area contributed by atoms with Crippen molar-refractivity contribution in [3.05, 3.63) is 54.0 Å². The van der Waals surface area contributed by atoms with Crippen LogP contribution in [-0.4, -0.2) is 23.0 Å². The first-order valence-electron chi connectivity index (χ1n) is 6.68. The lowest BCUT2D eigenvalue weighted by Crippen LogP contribution is -2.21. The second-order valence-corrected chi connectivity index (χ2v) is 7.70. The van der Waals surface area contributed by atoms with Crippen LogP contribution >= 0.6 is 0 Å². The summed E-state index contributed by atoms with van der Waals surface area (Å²) in [7, 11) is 2.84. The van der Waals surface area contributed by atoms with Crippen molar-refractivity contribution in [2.75, 3.05) is 14.2 Å². The zero-order chi connectivity index (χ0) is 14.1. The molecule has 0 saturated heterocycles. The molecule has 0 N–H and O–H groups in total. The van der Waals surface area contributed by atoms with Crippen LogP contribution in [0.4, 0.5) is 0 Å². The van der Waals surface area contributed by atoms with E-state index in [4.69, 9.17) is 9.47 Å². The van der Waals surface area contributed by atoms with E-state index in [-0.39, 0.29) is 0 Å². The van der Waals surface area contributed by atoms with Crippen molar-refractivity contribution in [3.63, 3.8) is 0 Å². The Morgan fingerprint density at radius 2 is 1.42 bits per heavy atom. The van der Waals surface area contributed by atoms with E-state index >= 15 is 0 Å². The van der Waals surface area contributed by atoms with Crippen LogP contribution in [-0.2, 0) is 9.47 Å². The Hall–Kier alpha value is -1.48. The average molecular weight is 276 g/mol. The average Bonchev–Trinajstić information content (AvgIpc) is 2.48. The van der Waals surface area contributed by atoms with Gasteiger partial charge in [0.05, 0.1) is 41.0 Å². The summed E-state index contributed by atoms with van der Waals surface area (Å²) >= 11 is 0. The molecule has 0 heterocycles. The Bertz CT molecular complexity index is 404. The van der Waals surface area contributed by atoms with Gasteiger partial charge in [-0.1, -0.05) is 48.6 Å². The molecular formula is C16H24O2Si. The van der Waals surface area contributed by atoms with Crippen LogP contribution in [0.25, 0.3) is 0 Å². The smallest absolute Gasteiger partial charge is 0.0993 e. The van der Waals surface area contributed by atoms with Crippen LogP contribution in [0, 0.1) is 0 Å². The van der Waals surface area contributed by atoms with Gasteiger partial charge in [-0.15, -0.1) is 0 Å². The van der Waals surface area contributed by atoms with Crippen LogP contribution in [0.5, 0.6) is 0 Å². The van der Waals surface area contributed by atoms with E-state index in [0.717, 1.165) is 24.4 Å². The molecule has 104 valence electrons. The summed E-state index contributed by atoms with van der Waals surface area (Å²) in [6.07, 6.45) is 5.84. The monoisotopic (exact) mass is 276 g/mol. The van der Waals surface area contributed by atoms with Gasteiger partial charge < -0.3 is 9.47 Å². The summed E-state index contributed by atoms with van der Waals surface area (Å²) in [5.41, 5.74) is 0. The maximum absolute atomic E-state index is 5.06. The molecular weight excluding hydrogens is 252 g/mol. The third-order valence-corrected chi connectivity index (χ3v) is 4.75. The van der Waals surface area contributed by atoms with Crippen LogP contribution in [0.2, 0.25) is 13.1 Å². The second-order valence-electron chi connectivity index (χ2n) is 4.73. The summed E-state index contributed by atoms with van der Waals surface area (Å²) in [6.45, 7) is 4.69. The van der Waals surface area contributed by atoms with Crippen LogP contribution in [0.15, 0.2) is 54.0 Å².